The number of nitrogens with one attached hydrogen (secondary N) is 1. The minimum Gasteiger partial charge on any atom is -0.370 e. The molecule has 4 rings (SSSR count). The first-order chi connectivity index (χ1) is 17.9. The van der Waals surface area contributed by atoms with Crippen LogP contribution in [-0.2, 0) is 20.8 Å². The van der Waals surface area contributed by atoms with E-state index in [1.54, 1.807) is 17.0 Å². The molecule has 37 heavy (non-hydrogen) atoms. The van der Waals surface area contributed by atoms with E-state index in [1.165, 1.54) is 35.2 Å². The molecule has 0 radical (unpaired) electrons. The normalized spacial score (nSPS) is 16.8. The van der Waals surface area contributed by atoms with E-state index in [9.17, 15) is 18.8 Å². The summed E-state index contributed by atoms with van der Waals surface area (Å²) >= 11 is 2.89. The average molecular weight is 536 g/mol. The van der Waals surface area contributed by atoms with E-state index >= 15 is 0 Å². The third kappa shape index (κ3) is 7.44. The number of nitrogens with zero attached hydrogens (tertiary/aromatic N) is 1. The van der Waals surface area contributed by atoms with Crippen molar-refractivity contribution in [1.82, 2.24) is 10.2 Å². The van der Waals surface area contributed by atoms with Crippen molar-refractivity contribution >= 4 is 40.8 Å². The van der Waals surface area contributed by atoms with E-state index in [-0.39, 0.29) is 42.4 Å². The van der Waals surface area contributed by atoms with Crippen LogP contribution in [0.5, 0.6) is 0 Å². The molecular weight excluding hydrogens is 509 g/mol. The van der Waals surface area contributed by atoms with Crippen molar-refractivity contribution in [2.45, 2.75) is 29.9 Å². The first-order valence-electron chi connectivity index (χ1n) is 11.8. The van der Waals surface area contributed by atoms with E-state index in [1.807, 2.05) is 42.5 Å². The number of thiophene rings is 1. The zero-order valence-electron chi connectivity index (χ0n) is 20.0. The highest BCUT2D eigenvalue weighted by atomic mass is 32.2. The molecule has 0 saturated carbocycles. The van der Waals surface area contributed by atoms with Gasteiger partial charge in [-0.15, -0.1) is 23.1 Å². The van der Waals surface area contributed by atoms with Crippen LogP contribution in [0.25, 0.3) is 0 Å². The summed E-state index contributed by atoms with van der Waals surface area (Å²) in [5, 5.41) is 1.96. The molecule has 1 aliphatic heterocycles. The number of benzene rings is 2. The van der Waals surface area contributed by atoms with Crippen molar-refractivity contribution in [3.63, 3.8) is 0 Å². The van der Waals surface area contributed by atoms with Crippen molar-refractivity contribution < 1.29 is 18.8 Å². The van der Waals surface area contributed by atoms with Gasteiger partial charge in [-0.25, -0.2) is 4.39 Å². The monoisotopic (exact) mass is 535 g/mol. The van der Waals surface area contributed by atoms with Gasteiger partial charge in [0.15, 0.2) is 0 Å². The van der Waals surface area contributed by atoms with E-state index in [0.717, 1.165) is 20.9 Å². The lowest BCUT2D eigenvalue weighted by molar-refractivity contribution is -0.132. The highest BCUT2D eigenvalue weighted by Gasteiger charge is 2.42. The highest BCUT2D eigenvalue weighted by molar-refractivity contribution is 8.01. The molecule has 0 bridgehead atoms. The number of primary amides is 1. The van der Waals surface area contributed by atoms with Crippen LogP contribution in [-0.4, -0.2) is 41.0 Å². The molecular formula is C28H26FN3O3S2. The van der Waals surface area contributed by atoms with Gasteiger partial charge >= 0.3 is 0 Å². The molecule has 2 heterocycles. The Bertz CT molecular complexity index is 1320. The maximum Gasteiger partial charge on any atom is 0.237 e. The van der Waals surface area contributed by atoms with E-state index in [4.69, 9.17) is 5.73 Å². The quantitative estimate of drug-likeness (QED) is 0.407. The van der Waals surface area contributed by atoms with Crippen LogP contribution in [0.3, 0.4) is 0 Å². The Hall–Kier alpha value is -3.61. The Morgan fingerprint density at radius 3 is 2.51 bits per heavy atom. The number of amides is 3. The summed E-state index contributed by atoms with van der Waals surface area (Å²) < 4.78 is 13.1. The summed E-state index contributed by atoms with van der Waals surface area (Å²) in [6.07, 6.45) is 0.640. The average Bonchev–Trinajstić information content (AvgIpc) is 3.48. The van der Waals surface area contributed by atoms with Gasteiger partial charge in [0.1, 0.15) is 11.2 Å². The topological polar surface area (TPSA) is 92.5 Å². The second-order valence-electron chi connectivity index (χ2n) is 8.47. The molecule has 3 aromatic rings. The van der Waals surface area contributed by atoms with Gasteiger partial charge in [0.25, 0.3) is 0 Å². The molecule has 1 saturated heterocycles. The minimum absolute atomic E-state index is 0.0303. The van der Waals surface area contributed by atoms with Gasteiger partial charge in [0, 0.05) is 36.4 Å². The zero-order chi connectivity index (χ0) is 26.2. The van der Waals surface area contributed by atoms with Crippen LogP contribution in [0.4, 0.5) is 4.39 Å². The number of halogens is 1. The Labute approximate surface area is 223 Å². The van der Waals surface area contributed by atoms with E-state index < -0.39 is 11.2 Å². The van der Waals surface area contributed by atoms with E-state index in [2.05, 4.69) is 17.2 Å². The Morgan fingerprint density at radius 1 is 1.03 bits per heavy atom. The Kier molecular flexibility index (Phi) is 8.99. The van der Waals surface area contributed by atoms with E-state index in [0.29, 0.717) is 13.0 Å². The molecule has 2 aromatic carbocycles. The van der Waals surface area contributed by atoms with Gasteiger partial charge in [-0.1, -0.05) is 42.2 Å². The molecule has 0 spiro atoms. The van der Waals surface area contributed by atoms with Crippen LogP contribution in [0.15, 0.2) is 66.7 Å². The second kappa shape index (κ2) is 12.6. The predicted octanol–water partition coefficient (Wildman–Crippen LogP) is 3.85. The lowest BCUT2D eigenvalue weighted by Gasteiger charge is -2.22. The van der Waals surface area contributed by atoms with Crippen LogP contribution in [0, 0.1) is 17.7 Å². The summed E-state index contributed by atoms with van der Waals surface area (Å²) in [4.78, 5) is 40.6. The third-order valence-corrected chi connectivity index (χ3v) is 8.39. The first kappa shape index (κ1) is 26.5. The minimum atomic E-state index is -0.565. The van der Waals surface area contributed by atoms with Gasteiger partial charge in [-0.2, -0.15) is 0 Å². The fourth-order valence-corrected chi connectivity index (χ4v) is 6.39. The Balaban J connectivity index is 1.40. The lowest BCUT2D eigenvalue weighted by atomic mass is 10.1. The van der Waals surface area contributed by atoms with Crippen LogP contribution < -0.4 is 11.1 Å². The van der Waals surface area contributed by atoms with Crippen LogP contribution in [0.2, 0.25) is 0 Å². The van der Waals surface area contributed by atoms with Crippen LogP contribution >= 0.6 is 23.1 Å². The number of thioether (sulfide) groups is 1. The third-order valence-electron chi connectivity index (χ3n) is 5.73. The maximum absolute atomic E-state index is 13.2. The van der Waals surface area contributed by atoms with Crippen LogP contribution in [0.1, 0.15) is 39.1 Å². The fraction of sp³-hybridized carbons (Fsp3) is 0.250. The molecule has 9 heteroatoms. The van der Waals surface area contributed by atoms with Gasteiger partial charge in [0.2, 0.25) is 17.7 Å². The highest BCUT2D eigenvalue weighted by Crippen LogP contribution is 2.46. The molecule has 1 aromatic heterocycles. The SMILES string of the molecule is NC(=O)CCN1C(=O)C(CC(=O)NCCc2ccc(F)cc2)SC1c1ccc(C#Cc2ccccc2)s1. The van der Waals surface area contributed by atoms with Crippen molar-refractivity contribution in [3.8, 4) is 11.8 Å². The zero-order valence-corrected chi connectivity index (χ0v) is 21.6. The molecule has 190 valence electrons. The van der Waals surface area contributed by atoms with Crippen molar-refractivity contribution in [3.05, 3.63) is 93.4 Å². The molecule has 6 nitrogen and oxygen atoms in total. The van der Waals surface area contributed by atoms with Crippen molar-refractivity contribution in [2.75, 3.05) is 13.1 Å². The van der Waals surface area contributed by atoms with Crippen molar-refractivity contribution in [1.29, 1.82) is 0 Å². The summed E-state index contributed by atoms with van der Waals surface area (Å²) in [5.41, 5.74) is 7.17. The van der Waals surface area contributed by atoms with Gasteiger partial charge in [0.05, 0.1) is 10.1 Å². The van der Waals surface area contributed by atoms with Crippen molar-refractivity contribution in [2.24, 2.45) is 5.73 Å². The fourth-order valence-electron chi connectivity index (χ4n) is 3.85. The Morgan fingerprint density at radius 2 is 1.78 bits per heavy atom. The van der Waals surface area contributed by atoms with Gasteiger partial charge in [-0.3, -0.25) is 14.4 Å². The summed E-state index contributed by atoms with van der Waals surface area (Å²) in [6.45, 7) is 0.580. The molecule has 2 unspecified atom stereocenters. The molecule has 1 aliphatic rings. The molecule has 2 atom stereocenters. The standard InChI is InChI=1S/C28H26FN3O3S2/c29-21-9-6-20(7-10-21)14-16-31-26(34)18-24-27(35)32(17-15-25(30)33)28(37-24)23-13-12-22(36-23)11-8-19-4-2-1-3-5-19/h1-7,9-10,12-13,24,28H,14-18H2,(H2,30,33)(H,31,34). The molecule has 1 fully saturated rings. The summed E-state index contributed by atoms with van der Waals surface area (Å²) in [7, 11) is 0. The molecule has 0 aliphatic carbocycles. The molecule has 3 amide bonds. The number of rotatable bonds is 9. The summed E-state index contributed by atoms with van der Waals surface area (Å²) in [6, 6.07) is 19.7. The lowest BCUT2D eigenvalue weighted by Crippen LogP contribution is -2.36. The maximum atomic E-state index is 13.2. The van der Waals surface area contributed by atoms with Gasteiger partial charge in [-0.05, 0) is 48.4 Å². The number of hydrogen-bond donors (Lipinski definition) is 2. The smallest absolute Gasteiger partial charge is 0.237 e. The predicted molar refractivity (Wildman–Crippen MR) is 144 cm³/mol. The largest absolute Gasteiger partial charge is 0.370 e. The van der Waals surface area contributed by atoms with Gasteiger partial charge < -0.3 is 16.0 Å². The number of carbonyl (C=O) groups excluding carboxylic acids is 3. The second-order valence-corrected chi connectivity index (χ2v) is 10.9. The number of carbonyl (C=O) groups is 3. The first-order valence-corrected chi connectivity index (χ1v) is 13.6. The number of nitrogens with two attached hydrogens (primary N) is 1. The number of hydrogen-bond acceptors (Lipinski definition) is 5. The molecule has 3 N–H and O–H groups in total. The summed E-state index contributed by atoms with van der Waals surface area (Å²) in [5.74, 6) is 5.09.